The van der Waals surface area contributed by atoms with Crippen molar-refractivity contribution in [3.05, 3.63) is 35.4 Å². The maximum atomic E-state index is 13.6. The van der Waals surface area contributed by atoms with Gasteiger partial charge in [-0.1, -0.05) is 57.7 Å². The molecule has 0 saturated carbocycles. The normalized spacial score (nSPS) is 12.6. The summed E-state index contributed by atoms with van der Waals surface area (Å²) < 4.78 is 5.33. The summed E-state index contributed by atoms with van der Waals surface area (Å²) in [6.45, 7) is 11.5. The number of rotatable bonds is 10. The number of unbranched alkanes of at least 4 members (excludes halogenated alkanes) is 1. The van der Waals surface area contributed by atoms with E-state index in [-0.39, 0.29) is 5.92 Å². The van der Waals surface area contributed by atoms with E-state index in [1.54, 1.807) is 45.0 Å². The number of terminal acetylenes is 2. The average molecular weight is 468 g/mol. The Bertz CT molecular complexity index is 934. The molecule has 0 aromatic heterocycles. The lowest BCUT2D eigenvalue weighted by atomic mass is 9.96. The van der Waals surface area contributed by atoms with Crippen LogP contribution in [0.25, 0.3) is 0 Å². The molecule has 1 rings (SSSR count). The van der Waals surface area contributed by atoms with Gasteiger partial charge in [0.25, 0.3) is 5.91 Å². The quantitative estimate of drug-likeness (QED) is 0.309. The van der Waals surface area contributed by atoms with E-state index in [0.717, 1.165) is 17.7 Å². The van der Waals surface area contributed by atoms with Gasteiger partial charge in [-0.2, -0.15) is 0 Å². The average Bonchev–Trinajstić information content (AvgIpc) is 2.75. The second-order valence-corrected chi connectivity index (χ2v) is 9.44. The second-order valence-electron chi connectivity index (χ2n) is 9.44. The molecule has 0 heterocycles. The van der Waals surface area contributed by atoms with Gasteiger partial charge in [0.2, 0.25) is 5.91 Å². The third kappa shape index (κ3) is 8.83. The first kappa shape index (κ1) is 28.6. The van der Waals surface area contributed by atoms with E-state index in [4.69, 9.17) is 17.6 Å². The smallest absolute Gasteiger partial charge is 0.408 e. The lowest BCUT2D eigenvalue weighted by Crippen LogP contribution is -2.52. The third-order valence-electron chi connectivity index (χ3n) is 4.82. The van der Waals surface area contributed by atoms with Crippen LogP contribution in [-0.4, -0.2) is 41.0 Å². The van der Waals surface area contributed by atoms with Crippen LogP contribution in [0.5, 0.6) is 0 Å². The molecule has 184 valence electrons. The van der Waals surface area contributed by atoms with E-state index in [1.807, 2.05) is 20.8 Å². The number of hydrogen-bond acceptors (Lipinski definition) is 4. The van der Waals surface area contributed by atoms with Crippen molar-refractivity contribution in [1.82, 2.24) is 15.5 Å². The third-order valence-corrected chi connectivity index (χ3v) is 4.82. The Balaban J connectivity index is 3.41. The molecule has 3 amide bonds. The summed E-state index contributed by atoms with van der Waals surface area (Å²) in [4.78, 5) is 40.4. The molecule has 1 aromatic rings. The zero-order valence-electron chi connectivity index (χ0n) is 21.1. The predicted octanol–water partition coefficient (Wildman–Crippen LogP) is 3.98. The maximum Gasteiger partial charge on any atom is 0.408 e. The molecule has 0 aliphatic heterocycles. The lowest BCUT2D eigenvalue weighted by Gasteiger charge is -2.31. The van der Waals surface area contributed by atoms with Crippen LogP contribution in [0, 0.1) is 30.7 Å². The fourth-order valence-corrected chi connectivity index (χ4v) is 3.33. The van der Waals surface area contributed by atoms with Crippen LogP contribution >= 0.6 is 0 Å². The van der Waals surface area contributed by atoms with Gasteiger partial charge in [0.15, 0.2) is 0 Å². The van der Waals surface area contributed by atoms with E-state index < -0.39 is 35.6 Å². The number of hydrogen-bond donors (Lipinski definition) is 2. The van der Waals surface area contributed by atoms with Gasteiger partial charge in [-0.05, 0) is 45.6 Å². The first-order valence-corrected chi connectivity index (χ1v) is 11.6. The Labute approximate surface area is 204 Å². The van der Waals surface area contributed by atoms with Crippen LogP contribution in [0.2, 0.25) is 0 Å². The predicted molar refractivity (Wildman–Crippen MR) is 133 cm³/mol. The van der Waals surface area contributed by atoms with Crippen LogP contribution in [0.15, 0.2) is 24.3 Å². The highest BCUT2D eigenvalue weighted by atomic mass is 16.6. The number of nitrogens with zero attached hydrogens (tertiary/aromatic N) is 1. The minimum Gasteiger partial charge on any atom is -0.444 e. The van der Waals surface area contributed by atoms with E-state index in [9.17, 15) is 14.4 Å². The summed E-state index contributed by atoms with van der Waals surface area (Å²) in [5.41, 5.74) is 0.145. The molecule has 0 aliphatic rings. The van der Waals surface area contributed by atoms with Gasteiger partial charge in [0, 0.05) is 23.7 Å². The van der Waals surface area contributed by atoms with Crippen molar-refractivity contribution in [2.45, 2.75) is 78.5 Å². The van der Waals surface area contributed by atoms with Gasteiger partial charge in [-0.15, -0.1) is 6.42 Å². The summed E-state index contributed by atoms with van der Waals surface area (Å²) in [5.74, 6) is 1.58. The molecule has 2 unspecified atom stereocenters. The molecule has 2 atom stereocenters. The van der Waals surface area contributed by atoms with Crippen molar-refractivity contribution in [2.75, 3.05) is 6.54 Å². The van der Waals surface area contributed by atoms with Gasteiger partial charge >= 0.3 is 6.09 Å². The van der Waals surface area contributed by atoms with Gasteiger partial charge < -0.3 is 15.4 Å². The molecule has 0 saturated heterocycles. The van der Waals surface area contributed by atoms with Crippen molar-refractivity contribution in [3.8, 4) is 24.8 Å². The molecule has 0 radical (unpaired) electrons. The number of alkyl carbamates (subject to hydrolysis) is 1. The van der Waals surface area contributed by atoms with Gasteiger partial charge in [-0.3, -0.25) is 14.5 Å². The Kier molecular flexibility index (Phi) is 11.2. The van der Waals surface area contributed by atoms with Gasteiger partial charge in [0.1, 0.15) is 17.7 Å². The zero-order valence-corrected chi connectivity index (χ0v) is 21.1. The molecule has 7 nitrogen and oxygen atoms in total. The minimum atomic E-state index is -1.16. The number of nitrogens with one attached hydrogen (secondary N) is 2. The fourth-order valence-electron chi connectivity index (χ4n) is 3.33. The summed E-state index contributed by atoms with van der Waals surface area (Å²) in [6.07, 6.45) is 12.7. The van der Waals surface area contributed by atoms with Crippen LogP contribution in [0.1, 0.15) is 78.0 Å². The van der Waals surface area contributed by atoms with Gasteiger partial charge in [-0.25, -0.2) is 4.79 Å². The van der Waals surface area contributed by atoms with Crippen molar-refractivity contribution < 1.29 is 19.1 Å². The molecule has 0 aliphatic carbocycles. The number of amides is 3. The molecule has 0 fully saturated rings. The molecule has 1 aromatic carbocycles. The lowest BCUT2D eigenvalue weighted by molar-refractivity contribution is -0.138. The first-order chi connectivity index (χ1) is 15.9. The number of carbonyl (C=O) groups excluding carboxylic acids is 3. The Morgan fingerprint density at radius 3 is 2.32 bits per heavy atom. The second kappa shape index (κ2) is 13.3. The molecule has 2 N–H and O–H groups in total. The molecule has 7 heteroatoms. The number of benzene rings is 1. The maximum absolute atomic E-state index is 13.6. The monoisotopic (exact) mass is 467 g/mol. The van der Waals surface area contributed by atoms with Crippen LogP contribution in [-0.2, 0) is 14.3 Å². The van der Waals surface area contributed by atoms with Crippen molar-refractivity contribution in [2.24, 2.45) is 5.92 Å². The van der Waals surface area contributed by atoms with Crippen LogP contribution in [0.4, 0.5) is 4.79 Å². The number of carbonyl (C=O) groups is 3. The van der Waals surface area contributed by atoms with E-state index in [2.05, 4.69) is 22.6 Å². The summed E-state index contributed by atoms with van der Waals surface area (Å²) in [5, 5.41) is 5.47. The Morgan fingerprint density at radius 1 is 1.15 bits per heavy atom. The van der Waals surface area contributed by atoms with Crippen molar-refractivity contribution in [1.29, 1.82) is 0 Å². The van der Waals surface area contributed by atoms with Gasteiger partial charge in [0.05, 0.1) is 0 Å². The van der Waals surface area contributed by atoms with E-state index >= 15 is 0 Å². The Hall–Kier alpha value is -3.45. The van der Waals surface area contributed by atoms with Crippen molar-refractivity contribution >= 4 is 17.9 Å². The topological polar surface area (TPSA) is 87.7 Å². The van der Waals surface area contributed by atoms with E-state index in [1.165, 1.54) is 0 Å². The number of ether oxygens (including phenoxy) is 1. The molecular weight excluding hydrogens is 430 g/mol. The molecule has 34 heavy (non-hydrogen) atoms. The first-order valence-electron chi connectivity index (χ1n) is 11.6. The highest BCUT2D eigenvalue weighted by Crippen LogP contribution is 2.26. The highest BCUT2D eigenvalue weighted by Gasteiger charge is 2.36. The largest absolute Gasteiger partial charge is 0.444 e. The minimum absolute atomic E-state index is 0.0540. The summed E-state index contributed by atoms with van der Waals surface area (Å²) in [6, 6.07) is 7.05. The fraction of sp³-hybridized carbons (Fsp3) is 0.519. The Morgan fingerprint density at radius 2 is 1.79 bits per heavy atom. The SMILES string of the molecule is C#Cc1ccccc1C(C(=O)NCCCC)N(C#C)C(=O)C(CC(C)C)NC(=O)OC(C)(C)C. The highest BCUT2D eigenvalue weighted by molar-refractivity contribution is 5.93. The summed E-state index contributed by atoms with van der Waals surface area (Å²) >= 11 is 0. The van der Waals surface area contributed by atoms with Crippen molar-refractivity contribution in [3.63, 3.8) is 0 Å². The van der Waals surface area contributed by atoms with Crippen LogP contribution in [0.3, 0.4) is 0 Å². The van der Waals surface area contributed by atoms with E-state index in [0.29, 0.717) is 24.1 Å². The van der Waals surface area contributed by atoms with Crippen LogP contribution < -0.4 is 10.6 Å². The zero-order chi connectivity index (χ0) is 25.9. The standard InChI is InChI=1S/C27H37N3O4/c1-9-12-17-28-24(31)23(21-16-14-13-15-20(21)10-2)30(11-3)25(32)22(18-19(4)5)29-26(33)34-27(6,7)8/h2-3,13-16,19,22-23H,9,12,17-18H2,1,4-8H3,(H,28,31)(H,29,33). The summed E-state index contributed by atoms with van der Waals surface area (Å²) in [7, 11) is 0. The molecule has 0 spiro atoms. The molecular formula is C27H37N3O4. The molecule has 0 bridgehead atoms.